The molecule has 1 fully saturated rings. The molecule has 0 spiro atoms. The van der Waals surface area contributed by atoms with E-state index in [1.165, 1.54) is 0 Å². The van der Waals surface area contributed by atoms with Crippen molar-refractivity contribution in [2.24, 2.45) is 17.1 Å². The topological polar surface area (TPSA) is 79.5 Å². The molecule has 1 aliphatic rings. The lowest BCUT2D eigenvalue weighted by Gasteiger charge is -2.38. The Hall–Kier alpha value is -1.62. The van der Waals surface area contributed by atoms with E-state index in [-0.39, 0.29) is 23.4 Å². The lowest BCUT2D eigenvalue weighted by molar-refractivity contribution is 0.0855. The number of aromatic nitrogens is 1. The van der Waals surface area contributed by atoms with Gasteiger partial charge in [-0.05, 0) is 30.4 Å². The maximum atomic E-state index is 11.5. The normalized spacial score (nSPS) is 24.1. The first-order valence-electron chi connectivity index (χ1n) is 7.39. The number of carboxylic acid groups (broad SMARTS) is 1. The van der Waals surface area contributed by atoms with Crippen LogP contribution in [0.1, 0.15) is 44.5 Å². The van der Waals surface area contributed by atoms with Gasteiger partial charge in [0.2, 0.25) is 0 Å². The number of rotatable bonds is 2. The number of hydrogen-bond acceptors (Lipinski definition) is 3. The smallest absolute Gasteiger partial charge is 0.407 e. The number of pyridine rings is 1. The van der Waals surface area contributed by atoms with Crippen LogP contribution in [0.3, 0.4) is 0 Å². The lowest BCUT2D eigenvalue weighted by atomic mass is 9.76. The van der Waals surface area contributed by atoms with Gasteiger partial charge in [0.05, 0.1) is 11.7 Å². The van der Waals surface area contributed by atoms with Crippen molar-refractivity contribution in [3.05, 3.63) is 29.6 Å². The Morgan fingerprint density at radius 2 is 2.14 bits per heavy atom. The van der Waals surface area contributed by atoms with Gasteiger partial charge in [-0.25, -0.2) is 4.79 Å². The first kappa shape index (κ1) is 15.8. The lowest BCUT2D eigenvalue weighted by Crippen LogP contribution is -2.47. The van der Waals surface area contributed by atoms with Crippen LogP contribution in [-0.4, -0.2) is 33.7 Å². The zero-order valence-corrected chi connectivity index (χ0v) is 13.2. The third-order valence-corrected chi connectivity index (χ3v) is 4.31. The zero-order valence-electron chi connectivity index (χ0n) is 13.2. The van der Waals surface area contributed by atoms with Crippen molar-refractivity contribution in [1.82, 2.24) is 9.88 Å². The van der Waals surface area contributed by atoms with Gasteiger partial charge in [0.15, 0.2) is 0 Å². The van der Waals surface area contributed by atoms with Crippen LogP contribution in [0.15, 0.2) is 18.3 Å². The Morgan fingerprint density at radius 3 is 2.62 bits per heavy atom. The Bertz CT molecular complexity index is 507. The highest BCUT2D eigenvalue weighted by atomic mass is 16.4. The number of likely N-dealkylation sites (tertiary alicyclic amines) is 1. The van der Waals surface area contributed by atoms with Gasteiger partial charge in [0, 0.05) is 24.7 Å². The van der Waals surface area contributed by atoms with Crippen molar-refractivity contribution in [2.45, 2.75) is 46.2 Å². The summed E-state index contributed by atoms with van der Waals surface area (Å²) in [6, 6.07) is 3.62. The molecule has 5 heteroatoms. The molecular weight excluding hydrogens is 266 g/mol. The Morgan fingerprint density at radius 1 is 1.48 bits per heavy atom. The molecule has 1 saturated heterocycles. The second kappa shape index (κ2) is 5.64. The van der Waals surface area contributed by atoms with E-state index in [0.717, 1.165) is 17.7 Å². The van der Waals surface area contributed by atoms with E-state index in [1.54, 1.807) is 4.90 Å². The van der Waals surface area contributed by atoms with Crippen molar-refractivity contribution < 1.29 is 9.90 Å². The Kier molecular flexibility index (Phi) is 4.23. The minimum absolute atomic E-state index is 0.0897. The molecule has 5 nitrogen and oxygen atoms in total. The molecule has 1 aliphatic heterocycles. The van der Waals surface area contributed by atoms with Crippen LogP contribution in [0.4, 0.5) is 4.79 Å². The van der Waals surface area contributed by atoms with Gasteiger partial charge < -0.3 is 15.7 Å². The Labute approximate surface area is 126 Å². The molecule has 1 aromatic heterocycles. The summed E-state index contributed by atoms with van der Waals surface area (Å²) >= 11 is 0. The largest absolute Gasteiger partial charge is 0.465 e. The highest BCUT2D eigenvalue weighted by molar-refractivity contribution is 5.66. The zero-order chi connectivity index (χ0) is 15.8. The highest BCUT2D eigenvalue weighted by Gasteiger charge is 2.46. The molecule has 0 saturated carbocycles. The van der Waals surface area contributed by atoms with Gasteiger partial charge in [0.25, 0.3) is 0 Å². The van der Waals surface area contributed by atoms with Crippen molar-refractivity contribution >= 4 is 6.09 Å². The quantitative estimate of drug-likeness (QED) is 0.878. The molecule has 1 aromatic rings. The van der Waals surface area contributed by atoms with Crippen LogP contribution in [0.5, 0.6) is 0 Å². The number of amides is 1. The molecular formula is C16H25N3O2. The average molecular weight is 291 g/mol. The standard InChI is InChI=1S/C16H25N3O2/c1-10-5-6-12(18-9-10)13(17)11-7-8-19(15(20)21)14(11)16(2,3)4/h5-6,9,11,13-14H,7-8,17H2,1-4H3,(H,20,21)/t11-,13?,14?/m0/s1. The number of nitrogens with zero attached hydrogens (tertiary/aromatic N) is 2. The fourth-order valence-electron chi connectivity index (χ4n) is 3.41. The van der Waals surface area contributed by atoms with E-state index < -0.39 is 6.09 Å². The summed E-state index contributed by atoms with van der Waals surface area (Å²) in [4.78, 5) is 17.4. The van der Waals surface area contributed by atoms with Crippen molar-refractivity contribution in [2.75, 3.05) is 6.54 Å². The number of aryl methyl sites for hydroxylation is 1. The molecule has 0 aromatic carbocycles. The summed E-state index contributed by atoms with van der Waals surface area (Å²) in [6.07, 6.45) is 1.73. The van der Waals surface area contributed by atoms with Gasteiger partial charge in [-0.3, -0.25) is 4.98 Å². The molecule has 3 N–H and O–H groups in total. The fraction of sp³-hybridized carbons (Fsp3) is 0.625. The van der Waals surface area contributed by atoms with E-state index in [4.69, 9.17) is 5.73 Å². The molecule has 116 valence electrons. The predicted molar refractivity (Wildman–Crippen MR) is 82.0 cm³/mol. The Balaban J connectivity index is 2.29. The molecule has 0 bridgehead atoms. The van der Waals surface area contributed by atoms with Gasteiger partial charge in [0.1, 0.15) is 0 Å². The van der Waals surface area contributed by atoms with Crippen LogP contribution < -0.4 is 5.73 Å². The maximum absolute atomic E-state index is 11.5. The summed E-state index contributed by atoms with van der Waals surface area (Å²) in [5, 5.41) is 9.42. The van der Waals surface area contributed by atoms with Gasteiger partial charge in [-0.15, -0.1) is 0 Å². The van der Waals surface area contributed by atoms with E-state index in [9.17, 15) is 9.90 Å². The van der Waals surface area contributed by atoms with Crippen molar-refractivity contribution in [3.8, 4) is 0 Å². The monoisotopic (exact) mass is 291 g/mol. The molecule has 3 atom stereocenters. The summed E-state index contributed by atoms with van der Waals surface area (Å²) in [5.74, 6) is 0.0938. The SMILES string of the molecule is Cc1ccc(C(N)[C@@H]2CCN(C(=O)O)C2C(C)(C)C)nc1. The van der Waals surface area contributed by atoms with Crippen LogP contribution in [0.2, 0.25) is 0 Å². The molecule has 2 heterocycles. The summed E-state index contributed by atoms with van der Waals surface area (Å²) in [6.45, 7) is 8.74. The molecule has 21 heavy (non-hydrogen) atoms. The minimum atomic E-state index is -0.860. The summed E-state index contributed by atoms with van der Waals surface area (Å²) < 4.78 is 0. The van der Waals surface area contributed by atoms with E-state index in [0.29, 0.717) is 6.54 Å². The van der Waals surface area contributed by atoms with E-state index in [2.05, 4.69) is 25.8 Å². The van der Waals surface area contributed by atoms with Crippen molar-refractivity contribution in [1.29, 1.82) is 0 Å². The molecule has 2 unspecified atom stereocenters. The maximum Gasteiger partial charge on any atom is 0.407 e. The summed E-state index contributed by atoms with van der Waals surface area (Å²) in [5.41, 5.74) is 8.20. The summed E-state index contributed by atoms with van der Waals surface area (Å²) in [7, 11) is 0. The second-order valence-corrected chi connectivity index (χ2v) is 7.03. The molecule has 1 amide bonds. The molecule has 2 rings (SSSR count). The predicted octanol–water partition coefficient (Wildman–Crippen LogP) is 2.80. The van der Waals surface area contributed by atoms with Gasteiger partial charge in [-0.1, -0.05) is 26.8 Å². The van der Waals surface area contributed by atoms with Crippen LogP contribution in [0.25, 0.3) is 0 Å². The van der Waals surface area contributed by atoms with E-state index in [1.807, 2.05) is 25.3 Å². The van der Waals surface area contributed by atoms with Gasteiger partial charge in [-0.2, -0.15) is 0 Å². The number of hydrogen-bond donors (Lipinski definition) is 2. The van der Waals surface area contributed by atoms with Crippen LogP contribution >= 0.6 is 0 Å². The second-order valence-electron chi connectivity index (χ2n) is 7.03. The molecule has 0 aliphatic carbocycles. The third-order valence-electron chi connectivity index (χ3n) is 4.31. The van der Waals surface area contributed by atoms with Crippen molar-refractivity contribution in [3.63, 3.8) is 0 Å². The molecule has 0 radical (unpaired) electrons. The first-order valence-corrected chi connectivity index (χ1v) is 7.39. The fourth-order valence-corrected chi connectivity index (χ4v) is 3.41. The first-order chi connectivity index (χ1) is 9.71. The van der Waals surface area contributed by atoms with Crippen LogP contribution in [-0.2, 0) is 0 Å². The van der Waals surface area contributed by atoms with E-state index >= 15 is 0 Å². The third kappa shape index (κ3) is 3.18. The van der Waals surface area contributed by atoms with Crippen LogP contribution in [0, 0.1) is 18.3 Å². The number of nitrogens with two attached hydrogens (primary N) is 1. The minimum Gasteiger partial charge on any atom is -0.465 e. The van der Waals surface area contributed by atoms with Gasteiger partial charge >= 0.3 is 6.09 Å². The average Bonchev–Trinajstić information content (AvgIpc) is 2.83. The highest BCUT2D eigenvalue weighted by Crippen LogP contribution is 2.41. The number of carbonyl (C=O) groups is 1.